The molecule has 0 radical (unpaired) electrons. The monoisotopic (exact) mass is 355 g/mol. The number of carbonyl (C=O) groups is 1. The third-order valence-corrected chi connectivity index (χ3v) is 3.88. The second-order valence-electron chi connectivity index (χ2n) is 5.38. The third-order valence-electron chi connectivity index (χ3n) is 3.56. The number of ether oxygens (including phenoxy) is 1. The van der Waals surface area contributed by atoms with E-state index < -0.39 is 0 Å². The number of amides is 1. The first kappa shape index (κ1) is 16.8. The third kappa shape index (κ3) is 3.92. The number of pyridine rings is 1. The van der Waals surface area contributed by atoms with E-state index in [0.29, 0.717) is 16.4 Å². The summed E-state index contributed by atoms with van der Waals surface area (Å²) in [5.41, 5.74) is 1.66. The van der Waals surface area contributed by atoms with Crippen LogP contribution in [0.3, 0.4) is 0 Å². The van der Waals surface area contributed by atoms with Crippen molar-refractivity contribution < 1.29 is 9.53 Å². The molecule has 128 valence electrons. The molecule has 0 aliphatic carbocycles. The van der Waals surface area contributed by atoms with Gasteiger partial charge in [0.1, 0.15) is 18.1 Å². The van der Waals surface area contributed by atoms with Gasteiger partial charge in [-0.25, -0.2) is 4.98 Å². The van der Waals surface area contributed by atoms with Gasteiger partial charge in [0.15, 0.2) is 10.6 Å². The van der Waals surface area contributed by atoms with Crippen molar-refractivity contribution in [2.45, 2.75) is 13.5 Å². The van der Waals surface area contributed by atoms with Gasteiger partial charge in [0.2, 0.25) is 5.91 Å². The Labute approximate surface area is 149 Å². The summed E-state index contributed by atoms with van der Waals surface area (Å²) in [7, 11) is 1.61. The number of nitrogens with zero attached hydrogens (tertiary/aromatic N) is 3. The van der Waals surface area contributed by atoms with Crippen molar-refractivity contribution in [2.24, 2.45) is 0 Å². The van der Waals surface area contributed by atoms with Gasteiger partial charge < -0.3 is 10.1 Å². The molecule has 25 heavy (non-hydrogen) atoms. The summed E-state index contributed by atoms with van der Waals surface area (Å²) >= 11 is 5.25. The lowest BCUT2D eigenvalue weighted by atomic mass is 10.2. The highest BCUT2D eigenvalue weighted by molar-refractivity contribution is 7.71. The summed E-state index contributed by atoms with van der Waals surface area (Å²) in [6, 6.07) is 12.8. The van der Waals surface area contributed by atoms with Crippen LogP contribution in [-0.4, -0.2) is 32.8 Å². The maximum atomic E-state index is 12.3. The molecule has 1 aromatic carbocycles. The number of aromatic amines is 1. The van der Waals surface area contributed by atoms with Crippen molar-refractivity contribution in [1.82, 2.24) is 19.7 Å². The topological polar surface area (TPSA) is 84.8 Å². The van der Waals surface area contributed by atoms with E-state index in [2.05, 4.69) is 20.5 Å². The average molecular weight is 355 g/mol. The fraction of sp³-hybridized carbons (Fsp3) is 0.176. The second-order valence-corrected chi connectivity index (χ2v) is 5.77. The number of rotatable bonds is 5. The fourth-order valence-corrected chi connectivity index (χ4v) is 2.56. The van der Waals surface area contributed by atoms with E-state index in [9.17, 15) is 4.79 Å². The van der Waals surface area contributed by atoms with Gasteiger partial charge in [-0.05, 0) is 55.5 Å². The molecule has 1 amide bonds. The number of hydrogen-bond acceptors (Lipinski definition) is 5. The molecule has 2 aromatic heterocycles. The Kier molecular flexibility index (Phi) is 4.90. The van der Waals surface area contributed by atoms with Crippen molar-refractivity contribution >= 4 is 23.9 Å². The van der Waals surface area contributed by atoms with E-state index in [1.807, 2.05) is 43.3 Å². The molecule has 8 heteroatoms. The van der Waals surface area contributed by atoms with E-state index in [4.69, 9.17) is 17.0 Å². The Hall–Kier alpha value is -3.00. The van der Waals surface area contributed by atoms with Crippen LogP contribution in [0.5, 0.6) is 5.75 Å². The number of methoxy groups -OCH3 is 1. The number of aromatic nitrogens is 4. The van der Waals surface area contributed by atoms with Crippen molar-refractivity contribution in [3.63, 3.8) is 0 Å². The van der Waals surface area contributed by atoms with Gasteiger partial charge in [-0.2, -0.15) is 5.10 Å². The molecule has 3 aromatic rings. The molecule has 0 saturated carbocycles. The standard InChI is InChI=1S/C17H17N5O2S/c1-11-4-3-5-14(18-11)19-15(23)10-22-16(20-21-17(22)25)12-6-8-13(24-2)9-7-12/h3-9H,10H2,1-2H3,(H,21,25)(H,18,19,23). The molecule has 7 nitrogen and oxygen atoms in total. The molecule has 0 aliphatic rings. The number of carbonyl (C=O) groups excluding carboxylic acids is 1. The van der Waals surface area contributed by atoms with Crippen LogP contribution in [0.25, 0.3) is 11.4 Å². The predicted molar refractivity (Wildman–Crippen MR) is 97.0 cm³/mol. The van der Waals surface area contributed by atoms with Gasteiger partial charge in [-0.15, -0.1) is 0 Å². The van der Waals surface area contributed by atoms with Crippen LogP contribution in [0.1, 0.15) is 5.69 Å². The molecule has 0 atom stereocenters. The van der Waals surface area contributed by atoms with E-state index in [1.54, 1.807) is 17.7 Å². The van der Waals surface area contributed by atoms with Crippen LogP contribution >= 0.6 is 12.2 Å². The average Bonchev–Trinajstić information content (AvgIpc) is 2.95. The number of nitrogens with one attached hydrogen (secondary N) is 2. The summed E-state index contributed by atoms with van der Waals surface area (Å²) in [4.78, 5) is 16.6. The van der Waals surface area contributed by atoms with Gasteiger partial charge >= 0.3 is 0 Å². The summed E-state index contributed by atoms with van der Waals surface area (Å²) in [5, 5.41) is 9.72. The zero-order valence-electron chi connectivity index (χ0n) is 13.8. The first-order valence-corrected chi connectivity index (χ1v) is 8.01. The summed E-state index contributed by atoms with van der Waals surface area (Å²) in [6.45, 7) is 1.90. The van der Waals surface area contributed by atoms with Crippen molar-refractivity contribution in [3.05, 3.63) is 52.9 Å². The van der Waals surface area contributed by atoms with Crippen LogP contribution in [0.15, 0.2) is 42.5 Å². The van der Waals surface area contributed by atoms with Gasteiger partial charge in [-0.1, -0.05) is 6.07 Å². The molecule has 0 bridgehead atoms. The quantitative estimate of drug-likeness (QED) is 0.687. The highest BCUT2D eigenvalue weighted by Crippen LogP contribution is 2.21. The summed E-state index contributed by atoms with van der Waals surface area (Å²) < 4.78 is 7.17. The smallest absolute Gasteiger partial charge is 0.245 e. The number of benzene rings is 1. The SMILES string of the molecule is COc1ccc(-c2n[nH]c(=S)n2CC(=O)Nc2cccc(C)n2)cc1. The van der Waals surface area contributed by atoms with Crippen molar-refractivity contribution in [3.8, 4) is 17.1 Å². The van der Waals surface area contributed by atoms with Gasteiger partial charge in [0.05, 0.1) is 7.11 Å². The maximum absolute atomic E-state index is 12.3. The number of aryl methyl sites for hydroxylation is 1. The highest BCUT2D eigenvalue weighted by Gasteiger charge is 2.13. The van der Waals surface area contributed by atoms with E-state index in [-0.39, 0.29) is 12.5 Å². The Balaban J connectivity index is 1.81. The first-order valence-electron chi connectivity index (χ1n) is 7.60. The molecule has 3 rings (SSSR count). The molecule has 0 fully saturated rings. The number of hydrogen-bond donors (Lipinski definition) is 2. The largest absolute Gasteiger partial charge is 0.497 e. The lowest BCUT2D eigenvalue weighted by Gasteiger charge is -2.08. The van der Waals surface area contributed by atoms with Crippen LogP contribution in [0, 0.1) is 11.7 Å². The second kappa shape index (κ2) is 7.27. The molecule has 2 N–H and O–H groups in total. The van der Waals surface area contributed by atoms with E-state index >= 15 is 0 Å². The molecular formula is C17H17N5O2S. The minimum absolute atomic E-state index is 0.0340. The van der Waals surface area contributed by atoms with Crippen LogP contribution in [0.4, 0.5) is 5.82 Å². The van der Waals surface area contributed by atoms with Gasteiger partial charge in [0, 0.05) is 11.3 Å². The van der Waals surface area contributed by atoms with Crippen molar-refractivity contribution in [1.29, 1.82) is 0 Å². The highest BCUT2D eigenvalue weighted by atomic mass is 32.1. The minimum Gasteiger partial charge on any atom is -0.497 e. The first-order chi connectivity index (χ1) is 12.1. The molecule has 0 saturated heterocycles. The molecule has 0 aliphatic heterocycles. The number of anilines is 1. The van der Waals surface area contributed by atoms with Crippen LogP contribution in [0.2, 0.25) is 0 Å². The lowest BCUT2D eigenvalue weighted by molar-refractivity contribution is -0.116. The van der Waals surface area contributed by atoms with Crippen LogP contribution < -0.4 is 10.1 Å². The lowest BCUT2D eigenvalue weighted by Crippen LogP contribution is -2.20. The number of H-pyrrole nitrogens is 1. The Morgan fingerprint density at radius 2 is 2.04 bits per heavy atom. The normalized spacial score (nSPS) is 10.5. The maximum Gasteiger partial charge on any atom is 0.245 e. The predicted octanol–water partition coefficient (Wildman–Crippen LogP) is 2.96. The zero-order chi connectivity index (χ0) is 17.8. The van der Waals surface area contributed by atoms with Gasteiger partial charge in [0.25, 0.3) is 0 Å². The van der Waals surface area contributed by atoms with Crippen LogP contribution in [-0.2, 0) is 11.3 Å². The molecule has 2 heterocycles. The molecule has 0 unspecified atom stereocenters. The van der Waals surface area contributed by atoms with Crippen molar-refractivity contribution in [2.75, 3.05) is 12.4 Å². The van der Waals surface area contributed by atoms with Gasteiger partial charge in [-0.3, -0.25) is 14.5 Å². The Morgan fingerprint density at radius 1 is 1.28 bits per heavy atom. The summed E-state index contributed by atoms with van der Waals surface area (Å²) in [6.07, 6.45) is 0. The minimum atomic E-state index is -0.231. The molecule has 0 spiro atoms. The fourth-order valence-electron chi connectivity index (χ4n) is 2.36. The van der Waals surface area contributed by atoms with E-state index in [1.165, 1.54) is 0 Å². The van der Waals surface area contributed by atoms with E-state index in [0.717, 1.165) is 17.0 Å². The summed E-state index contributed by atoms with van der Waals surface area (Å²) in [5.74, 6) is 1.60. The molecular weight excluding hydrogens is 338 g/mol. The Morgan fingerprint density at radius 3 is 2.72 bits per heavy atom. The Bertz CT molecular complexity index is 946. The zero-order valence-corrected chi connectivity index (χ0v) is 14.6.